The lowest BCUT2D eigenvalue weighted by atomic mass is 9.76. The summed E-state index contributed by atoms with van der Waals surface area (Å²) < 4.78 is 0. The molecule has 1 aliphatic carbocycles. The molecule has 1 heterocycles. The van der Waals surface area contributed by atoms with Gasteiger partial charge in [-0.1, -0.05) is 48.0 Å². The number of benzene rings is 2. The van der Waals surface area contributed by atoms with Crippen molar-refractivity contribution in [3.63, 3.8) is 0 Å². The highest BCUT2D eigenvalue weighted by molar-refractivity contribution is 6.30. The van der Waals surface area contributed by atoms with Crippen LogP contribution in [0.25, 0.3) is 16.0 Å². The standard InChI is InChI=1S/C20H14ClN3/c1-23-19-18-13(11-24-20(19)22)10-17(12-6-8-14(21)9-7-12)15-4-2-3-5-16(15)18/h2-9,11,17H,10H2,(H2,22,24). The number of fused-ring (bicyclic) bond motifs is 3. The third-order valence-corrected chi connectivity index (χ3v) is 4.83. The van der Waals surface area contributed by atoms with Crippen LogP contribution >= 0.6 is 11.6 Å². The summed E-state index contributed by atoms with van der Waals surface area (Å²) in [6, 6.07) is 16.2. The molecule has 2 N–H and O–H groups in total. The molecule has 0 amide bonds. The number of aromatic nitrogens is 1. The van der Waals surface area contributed by atoms with Crippen molar-refractivity contribution in [1.82, 2.24) is 4.98 Å². The van der Waals surface area contributed by atoms with Gasteiger partial charge < -0.3 is 5.73 Å². The van der Waals surface area contributed by atoms with Crippen LogP contribution in [0.5, 0.6) is 0 Å². The summed E-state index contributed by atoms with van der Waals surface area (Å²) in [4.78, 5) is 7.86. The molecule has 0 saturated heterocycles. The van der Waals surface area contributed by atoms with E-state index in [0.29, 0.717) is 11.5 Å². The molecule has 116 valence electrons. The number of anilines is 1. The summed E-state index contributed by atoms with van der Waals surface area (Å²) in [6.07, 6.45) is 2.60. The van der Waals surface area contributed by atoms with Crippen LogP contribution in [0.4, 0.5) is 11.5 Å². The van der Waals surface area contributed by atoms with E-state index in [1.807, 2.05) is 24.3 Å². The highest BCUT2D eigenvalue weighted by Crippen LogP contribution is 2.47. The lowest BCUT2D eigenvalue weighted by Gasteiger charge is -2.29. The number of halogens is 1. The summed E-state index contributed by atoms with van der Waals surface area (Å²) in [5, 5.41) is 0.730. The first-order chi connectivity index (χ1) is 11.7. The minimum atomic E-state index is 0.218. The van der Waals surface area contributed by atoms with Gasteiger partial charge in [-0.15, -0.1) is 0 Å². The van der Waals surface area contributed by atoms with Gasteiger partial charge in [-0.3, -0.25) is 4.98 Å². The van der Waals surface area contributed by atoms with Crippen LogP contribution in [-0.4, -0.2) is 4.98 Å². The molecule has 1 aliphatic rings. The molecule has 4 rings (SSSR count). The maximum atomic E-state index is 7.49. The molecule has 0 spiro atoms. The van der Waals surface area contributed by atoms with Crippen molar-refractivity contribution < 1.29 is 0 Å². The first-order valence-corrected chi connectivity index (χ1v) is 8.06. The van der Waals surface area contributed by atoms with Crippen LogP contribution in [0.2, 0.25) is 5.02 Å². The highest BCUT2D eigenvalue weighted by Gasteiger charge is 2.28. The third-order valence-electron chi connectivity index (χ3n) is 4.57. The van der Waals surface area contributed by atoms with Gasteiger partial charge in [0, 0.05) is 17.1 Å². The number of pyridine rings is 1. The first kappa shape index (κ1) is 14.7. The fourth-order valence-corrected chi connectivity index (χ4v) is 3.60. The molecule has 0 bridgehead atoms. The van der Waals surface area contributed by atoms with Gasteiger partial charge in [0.1, 0.15) is 5.82 Å². The zero-order chi connectivity index (χ0) is 16.7. The Kier molecular flexibility index (Phi) is 3.48. The Morgan fingerprint density at radius 3 is 2.62 bits per heavy atom. The lowest BCUT2D eigenvalue weighted by molar-refractivity contribution is 0.791. The molecule has 3 nitrogen and oxygen atoms in total. The van der Waals surface area contributed by atoms with Crippen LogP contribution in [0, 0.1) is 6.57 Å². The van der Waals surface area contributed by atoms with Crippen molar-refractivity contribution in [3.8, 4) is 11.1 Å². The van der Waals surface area contributed by atoms with Crippen molar-refractivity contribution in [2.75, 3.05) is 5.73 Å². The second kappa shape index (κ2) is 5.67. The van der Waals surface area contributed by atoms with Gasteiger partial charge in [0.2, 0.25) is 5.69 Å². The molecule has 2 aromatic carbocycles. The Bertz CT molecular complexity index is 971. The maximum Gasteiger partial charge on any atom is 0.235 e. The Labute approximate surface area is 145 Å². The molecule has 1 aromatic heterocycles. The fraction of sp³-hybridized carbons (Fsp3) is 0.100. The second-order valence-corrected chi connectivity index (χ2v) is 6.34. The molecule has 4 heteroatoms. The number of nitrogens with zero attached hydrogens (tertiary/aromatic N) is 2. The van der Waals surface area contributed by atoms with E-state index < -0.39 is 0 Å². The van der Waals surface area contributed by atoms with Crippen molar-refractivity contribution in [1.29, 1.82) is 0 Å². The minimum absolute atomic E-state index is 0.218. The Hall–Kier alpha value is -2.83. The van der Waals surface area contributed by atoms with Gasteiger partial charge in [0.25, 0.3) is 0 Å². The molecule has 0 saturated carbocycles. The molecule has 0 aliphatic heterocycles. The smallest absolute Gasteiger partial charge is 0.235 e. The summed E-state index contributed by atoms with van der Waals surface area (Å²) in [5.41, 5.74) is 11.9. The Morgan fingerprint density at radius 2 is 1.88 bits per heavy atom. The van der Waals surface area contributed by atoms with Gasteiger partial charge in [0.05, 0.1) is 6.57 Å². The van der Waals surface area contributed by atoms with Gasteiger partial charge in [-0.25, -0.2) is 4.85 Å². The normalized spacial score (nSPS) is 15.2. The van der Waals surface area contributed by atoms with E-state index in [2.05, 4.69) is 34.1 Å². The first-order valence-electron chi connectivity index (χ1n) is 7.68. The van der Waals surface area contributed by atoms with Crippen LogP contribution < -0.4 is 5.73 Å². The van der Waals surface area contributed by atoms with E-state index in [1.54, 1.807) is 6.20 Å². The van der Waals surface area contributed by atoms with E-state index in [0.717, 1.165) is 28.1 Å². The molecule has 1 unspecified atom stereocenters. The zero-order valence-corrected chi connectivity index (χ0v) is 13.6. The molecule has 0 radical (unpaired) electrons. The number of nitrogen functional groups attached to an aromatic ring is 1. The predicted octanol–water partition coefficient (Wildman–Crippen LogP) is 5.22. The molecular formula is C20H14ClN3. The highest BCUT2D eigenvalue weighted by atomic mass is 35.5. The zero-order valence-electron chi connectivity index (χ0n) is 12.8. The largest absolute Gasteiger partial charge is 0.392 e. The number of nitrogens with two attached hydrogens (primary N) is 1. The van der Waals surface area contributed by atoms with Crippen LogP contribution in [-0.2, 0) is 6.42 Å². The molecular weight excluding hydrogens is 318 g/mol. The monoisotopic (exact) mass is 331 g/mol. The second-order valence-electron chi connectivity index (χ2n) is 5.90. The van der Waals surface area contributed by atoms with E-state index in [9.17, 15) is 0 Å². The third kappa shape index (κ3) is 2.24. The van der Waals surface area contributed by atoms with E-state index >= 15 is 0 Å². The molecule has 3 aromatic rings. The lowest BCUT2D eigenvalue weighted by Crippen LogP contribution is -2.13. The van der Waals surface area contributed by atoms with E-state index in [4.69, 9.17) is 23.9 Å². The fourth-order valence-electron chi connectivity index (χ4n) is 3.47. The predicted molar refractivity (Wildman–Crippen MR) is 97.3 cm³/mol. The van der Waals surface area contributed by atoms with Crippen LogP contribution in [0.3, 0.4) is 0 Å². The molecule has 0 fully saturated rings. The van der Waals surface area contributed by atoms with Gasteiger partial charge >= 0.3 is 0 Å². The molecule has 24 heavy (non-hydrogen) atoms. The maximum absolute atomic E-state index is 7.49. The number of rotatable bonds is 1. The van der Waals surface area contributed by atoms with E-state index in [1.165, 1.54) is 11.1 Å². The molecule has 1 atom stereocenters. The average molecular weight is 332 g/mol. The quantitative estimate of drug-likeness (QED) is 0.621. The number of hydrogen-bond acceptors (Lipinski definition) is 2. The van der Waals surface area contributed by atoms with Crippen molar-refractivity contribution in [2.45, 2.75) is 12.3 Å². The van der Waals surface area contributed by atoms with Crippen LogP contribution in [0.15, 0.2) is 54.7 Å². The summed E-state index contributed by atoms with van der Waals surface area (Å²) in [6.45, 7) is 7.49. The van der Waals surface area contributed by atoms with Crippen molar-refractivity contribution >= 4 is 23.1 Å². The summed E-state index contributed by atoms with van der Waals surface area (Å²) >= 11 is 6.03. The summed E-state index contributed by atoms with van der Waals surface area (Å²) in [5.74, 6) is 0.512. The van der Waals surface area contributed by atoms with Crippen molar-refractivity contribution in [3.05, 3.63) is 87.9 Å². The number of hydrogen-bond donors (Lipinski definition) is 1. The van der Waals surface area contributed by atoms with Gasteiger partial charge in [-0.2, -0.15) is 0 Å². The topological polar surface area (TPSA) is 43.3 Å². The van der Waals surface area contributed by atoms with Gasteiger partial charge in [-0.05, 0) is 46.4 Å². The average Bonchev–Trinajstić information content (AvgIpc) is 2.62. The SMILES string of the molecule is [C-]#[N+]c1c(N)ncc2c1-c1ccccc1C(c1ccc(Cl)cc1)C2. The minimum Gasteiger partial charge on any atom is -0.392 e. The van der Waals surface area contributed by atoms with Crippen molar-refractivity contribution in [2.24, 2.45) is 0 Å². The summed E-state index contributed by atoms with van der Waals surface area (Å²) in [7, 11) is 0. The Balaban J connectivity index is 1.95. The Morgan fingerprint density at radius 1 is 1.12 bits per heavy atom. The van der Waals surface area contributed by atoms with E-state index in [-0.39, 0.29) is 5.92 Å². The van der Waals surface area contributed by atoms with Crippen LogP contribution in [0.1, 0.15) is 22.6 Å². The van der Waals surface area contributed by atoms with Gasteiger partial charge in [0.15, 0.2) is 0 Å².